The van der Waals surface area contributed by atoms with Crippen molar-refractivity contribution in [1.29, 1.82) is 0 Å². The third kappa shape index (κ3) is 4.17. The highest BCUT2D eigenvalue weighted by molar-refractivity contribution is 6.31. The maximum absolute atomic E-state index is 10.2. The molecule has 0 spiro atoms. The van der Waals surface area contributed by atoms with Crippen LogP contribution in [-0.4, -0.2) is 37.3 Å². The highest BCUT2D eigenvalue weighted by atomic mass is 35.5. The largest absolute Gasteiger partial charge is 0.389 e. The summed E-state index contributed by atoms with van der Waals surface area (Å²) in [5.74, 6) is 0.660. The van der Waals surface area contributed by atoms with E-state index in [9.17, 15) is 5.11 Å². The highest BCUT2D eigenvalue weighted by Crippen LogP contribution is 2.16. The number of aromatic nitrogens is 4. The molecule has 3 aromatic rings. The Labute approximate surface area is 144 Å². The van der Waals surface area contributed by atoms with Gasteiger partial charge in [0.1, 0.15) is 5.69 Å². The average molecular weight is 345 g/mol. The molecule has 0 amide bonds. The van der Waals surface area contributed by atoms with Crippen LogP contribution in [0.2, 0.25) is 5.02 Å². The van der Waals surface area contributed by atoms with Gasteiger partial charge in [-0.2, -0.15) is 0 Å². The monoisotopic (exact) mass is 344 g/mol. The quantitative estimate of drug-likeness (QED) is 0.713. The summed E-state index contributed by atoms with van der Waals surface area (Å²) in [6.45, 7) is 0.912. The molecule has 1 unspecified atom stereocenters. The van der Waals surface area contributed by atoms with Gasteiger partial charge in [0.25, 0.3) is 0 Å². The molecule has 0 saturated heterocycles. The van der Waals surface area contributed by atoms with Gasteiger partial charge < -0.3 is 14.4 Å². The van der Waals surface area contributed by atoms with E-state index in [4.69, 9.17) is 16.3 Å². The minimum absolute atomic E-state index is 0.198. The Bertz CT molecular complexity index is 779. The Balaban J connectivity index is 1.55. The first-order chi connectivity index (χ1) is 11.7. The summed E-state index contributed by atoms with van der Waals surface area (Å²) in [6, 6.07) is 7.49. The topological polar surface area (TPSA) is 73.1 Å². The summed E-state index contributed by atoms with van der Waals surface area (Å²) in [4.78, 5) is 12.5. The zero-order valence-electron chi connectivity index (χ0n) is 12.9. The van der Waals surface area contributed by atoms with Crippen molar-refractivity contribution in [2.24, 2.45) is 0 Å². The molecule has 0 fully saturated rings. The van der Waals surface area contributed by atoms with Crippen molar-refractivity contribution >= 4 is 11.6 Å². The molecule has 0 bridgehead atoms. The fraction of sp³-hybridized carbons (Fsp3) is 0.235. The standard InChI is InChI=1S/C17H17ClN4O2/c18-15-4-2-1-3-13(15)11-24-12-14(23)10-22-8-7-21-17(22)16-9-19-5-6-20-16/h1-9,14,23H,10-12H2. The number of nitrogens with zero attached hydrogens (tertiary/aromatic N) is 4. The highest BCUT2D eigenvalue weighted by Gasteiger charge is 2.12. The number of hydrogen-bond acceptors (Lipinski definition) is 5. The van der Waals surface area contributed by atoms with Gasteiger partial charge in [-0.05, 0) is 11.6 Å². The van der Waals surface area contributed by atoms with Gasteiger partial charge in [0, 0.05) is 29.8 Å². The first-order valence-corrected chi connectivity index (χ1v) is 7.88. The maximum Gasteiger partial charge on any atom is 0.160 e. The minimum atomic E-state index is -0.669. The van der Waals surface area contributed by atoms with Gasteiger partial charge in [-0.15, -0.1) is 0 Å². The molecule has 124 valence electrons. The summed E-state index contributed by atoms with van der Waals surface area (Å²) < 4.78 is 7.39. The van der Waals surface area contributed by atoms with Crippen LogP contribution in [-0.2, 0) is 17.9 Å². The lowest BCUT2D eigenvalue weighted by Gasteiger charge is -2.14. The van der Waals surface area contributed by atoms with Crippen LogP contribution in [0.3, 0.4) is 0 Å². The zero-order chi connectivity index (χ0) is 16.8. The molecular weight excluding hydrogens is 328 g/mol. The van der Waals surface area contributed by atoms with Crippen molar-refractivity contribution < 1.29 is 9.84 Å². The van der Waals surface area contributed by atoms with Crippen molar-refractivity contribution in [1.82, 2.24) is 19.5 Å². The van der Waals surface area contributed by atoms with E-state index in [1.165, 1.54) is 0 Å². The number of aliphatic hydroxyl groups excluding tert-OH is 1. The van der Waals surface area contributed by atoms with Gasteiger partial charge in [0.05, 0.1) is 32.1 Å². The van der Waals surface area contributed by atoms with Crippen molar-refractivity contribution in [3.63, 3.8) is 0 Å². The molecule has 0 aliphatic rings. The Hall–Kier alpha value is -2.28. The smallest absolute Gasteiger partial charge is 0.160 e. The van der Waals surface area contributed by atoms with Crippen molar-refractivity contribution in [2.45, 2.75) is 19.3 Å². The number of ether oxygens (including phenoxy) is 1. The molecule has 1 atom stereocenters. The molecule has 0 aliphatic carbocycles. The van der Waals surface area contributed by atoms with Crippen LogP contribution in [0.1, 0.15) is 5.56 Å². The summed E-state index contributed by atoms with van der Waals surface area (Å²) >= 11 is 6.08. The molecule has 2 aromatic heterocycles. The molecule has 0 radical (unpaired) electrons. The van der Waals surface area contributed by atoms with E-state index >= 15 is 0 Å². The van der Waals surface area contributed by atoms with Crippen LogP contribution in [0.15, 0.2) is 55.2 Å². The first-order valence-electron chi connectivity index (χ1n) is 7.51. The molecule has 24 heavy (non-hydrogen) atoms. The van der Waals surface area contributed by atoms with Gasteiger partial charge in [-0.3, -0.25) is 4.98 Å². The lowest BCUT2D eigenvalue weighted by molar-refractivity contribution is 0.0206. The van der Waals surface area contributed by atoms with E-state index in [-0.39, 0.29) is 6.61 Å². The van der Waals surface area contributed by atoms with Crippen LogP contribution in [0, 0.1) is 0 Å². The third-order valence-electron chi connectivity index (χ3n) is 3.44. The van der Waals surface area contributed by atoms with Crippen LogP contribution in [0.25, 0.3) is 11.5 Å². The predicted molar refractivity (Wildman–Crippen MR) is 90.4 cm³/mol. The second-order valence-corrected chi connectivity index (χ2v) is 5.66. The predicted octanol–water partition coefficient (Wildman–Crippen LogP) is 2.57. The van der Waals surface area contributed by atoms with Crippen LogP contribution < -0.4 is 0 Å². The van der Waals surface area contributed by atoms with Crippen molar-refractivity contribution in [3.8, 4) is 11.5 Å². The number of hydrogen-bond donors (Lipinski definition) is 1. The number of aliphatic hydroxyl groups is 1. The van der Waals surface area contributed by atoms with E-state index < -0.39 is 6.10 Å². The number of rotatable bonds is 7. The SMILES string of the molecule is OC(COCc1ccccc1Cl)Cn1ccnc1-c1cnccn1. The molecule has 7 heteroatoms. The van der Waals surface area contributed by atoms with Gasteiger partial charge in [-0.1, -0.05) is 29.8 Å². The number of halogens is 1. The maximum atomic E-state index is 10.2. The number of benzene rings is 1. The van der Waals surface area contributed by atoms with Gasteiger partial charge in [0.15, 0.2) is 5.82 Å². The van der Waals surface area contributed by atoms with E-state index in [2.05, 4.69) is 15.0 Å². The Kier molecular flexibility index (Phi) is 5.53. The number of imidazole rings is 1. The Morgan fingerprint density at radius 3 is 2.83 bits per heavy atom. The molecule has 2 heterocycles. The summed E-state index contributed by atoms with van der Waals surface area (Å²) in [5.41, 5.74) is 1.56. The fourth-order valence-electron chi connectivity index (χ4n) is 2.30. The zero-order valence-corrected chi connectivity index (χ0v) is 13.7. The molecule has 0 saturated carbocycles. The average Bonchev–Trinajstić information content (AvgIpc) is 3.05. The van der Waals surface area contributed by atoms with Gasteiger partial charge in [-0.25, -0.2) is 9.97 Å². The lowest BCUT2D eigenvalue weighted by atomic mass is 10.2. The fourth-order valence-corrected chi connectivity index (χ4v) is 2.49. The summed E-state index contributed by atoms with van der Waals surface area (Å²) in [5, 5.41) is 10.9. The van der Waals surface area contributed by atoms with E-state index in [0.29, 0.717) is 29.7 Å². The minimum Gasteiger partial charge on any atom is -0.389 e. The molecular formula is C17H17ClN4O2. The summed E-state index contributed by atoms with van der Waals surface area (Å²) in [6.07, 6.45) is 7.64. The first kappa shape index (κ1) is 16.6. The Morgan fingerprint density at radius 2 is 2.04 bits per heavy atom. The van der Waals surface area contributed by atoms with Crippen LogP contribution >= 0.6 is 11.6 Å². The molecule has 0 aliphatic heterocycles. The van der Waals surface area contributed by atoms with Crippen molar-refractivity contribution in [3.05, 3.63) is 65.8 Å². The van der Waals surface area contributed by atoms with Gasteiger partial charge in [0.2, 0.25) is 0 Å². The van der Waals surface area contributed by atoms with Gasteiger partial charge >= 0.3 is 0 Å². The van der Waals surface area contributed by atoms with E-state index in [0.717, 1.165) is 5.56 Å². The van der Waals surface area contributed by atoms with E-state index in [1.54, 1.807) is 31.0 Å². The normalized spacial score (nSPS) is 12.2. The molecule has 1 N–H and O–H groups in total. The lowest BCUT2D eigenvalue weighted by Crippen LogP contribution is -2.22. The summed E-state index contributed by atoms with van der Waals surface area (Å²) in [7, 11) is 0. The van der Waals surface area contributed by atoms with E-state index in [1.807, 2.05) is 28.8 Å². The second-order valence-electron chi connectivity index (χ2n) is 5.25. The second kappa shape index (κ2) is 8.01. The molecule has 1 aromatic carbocycles. The van der Waals surface area contributed by atoms with Crippen LogP contribution in [0.4, 0.5) is 0 Å². The third-order valence-corrected chi connectivity index (χ3v) is 3.81. The Morgan fingerprint density at radius 1 is 1.17 bits per heavy atom. The molecule has 3 rings (SSSR count). The van der Waals surface area contributed by atoms with Crippen LogP contribution in [0.5, 0.6) is 0 Å². The molecule has 6 nitrogen and oxygen atoms in total. The van der Waals surface area contributed by atoms with Crippen molar-refractivity contribution in [2.75, 3.05) is 6.61 Å².